The van der Waals surface area contributed by atoms with Gasteiger partial charge in [-0.05, 0) is 25.1 Å². The standard InChI is InChI=1S/C18H14O6/c1-10(17(19)20)23-12-7-8-14-13(9-12)15(18(21)22)16(24-14)11-5-3-2-4-6-11/h2-10H,1H3,(H,19,20)(H,21,22)/p-2/t10-/m1/s1. The van der Waals surface area contributed by atoms with Crippen LogP contribution in [0.1, 0.15) is 17.3 Å². The van der Waals surface area contributed by atoms with E-state index in [-0.39, 0.29) is 22.5 Å². The van der Waals surface area contributed by atoms with Gasteiger partial charge in [0.1, 0.15) is 23.2 Å². The van der Waals surface area contributed by atoms with Crippen LogP contribution in [0.5, 0.6) is 5.75 Å². The topological polar surface area (TPSA) is 103 Å². The molecule has 6 heteroatoms. The first-order valence-corrected chi connectivity index (χ1v) is 7.18. The van der Waals surface area contributed by atoms with Gasteiger partial charge in [0.15, 0.2) is 0 Å². The van der Waals surface area contributed by atoms with Gasteiger partial charge in [-0.1, -0.05) is 30.3 Å². The average Bonchev–Trinajstić information content (AvgIpc) is 2.94. The van der Waals surface area contributed by atoms with E-state index in [1.807, 2.05) is 0 Å². The predicted octanol–water partition coefficient (Wildman–Crippen LogP) is 0.980. The lowest BCUT2D eigenvalue weighted by molar-refractivity contribution is -0.312. The van der Waals surface area contributed by atoms with E-state index in [0.717, 1.165) is 0 Å². The quantitative estimate of drug-likeness (QED) is 0.693. The molecule has 0 saturated heterocycles. The normalized spacial score (nSPS) is 12.0. The second-order valence-corrected chi connectivity index (χ2v) is 5.20. The molecule has 3 rings (SSSR count). The van der Waals surface area contributed by atoms with Crippen molar-refractivity contribution in [1.82, 2.24) is 0 Å². The fraction of sp³-hybridized carbons (Fsp3) is 0.111. The van der Waals surface area contributed by atoms with Gasteiger partial charge in [-0.2, -0.15) is 0 Å². The van der Waals surface area contributed by atoms with E-state index in [0.29, 0.717) is 11.1 Å². The number of benzene rings is 2. The van der Waals surface area contributed by atoms with Crippen molar-refractivity contribution in [2.45, 2.75) is 13.0 Å². The molecule has 0 spiro atoms. The van der Waals surface area contributed by atoms with Crippen LogP contribution in [0.4, 0.5) is 0 Å². The Morgan fingerprint density at radius 2 is 1.79 bits per heavy atom. The fourth-order valence-electron chi connectivity index (χ4n) is 2.40. The van der Waals surface area contributed by atoms with Crippen molar-refractivity contribution >= 4 is 22.9 Å². The molecule has 0 fully saturated rings. The minimum absolute atomic E-state index is 0.109. The van der Waals surface area contributed by atoms with Crippen LogP contribution in [0.15, 0.2) is 52.9 Å². The number of hydrogen-bond donors (Lipinski definition) is 0. The van der Waals surface area contributed by atoms with Gasteiger partial charge in [0.2, 0.25) is 0 Å². The van der Waals surface area contributed by atoms with Gasteiger partial charge in [-0.15, -0.1) is 0 Å². The van der Waals surface area contributed by atoms with Crippen molar-refractivity contribution in [2.24, 2.45) is 0 Å². The van der Waals surface area contributed by atoms with Gasteiger partial charge < -0.3 is 29.0 Å². The Labute approximate surface area is 136 Å². The van der Waals surface area contributed by atoms with Gasteiger partial charge in [0.25, 0.3) is 0 Å². The van der Waals surface area contributed by atoms with E-state index in [2.05, 4.69) is 0 Å². The summed E-state index contributed by atoms with van der Waals surface area (Å²) < 4.78 is 10.9. The number of carboxylic acid groups (broad SMARTS) is 2. The van der Waals surface area contributed by atoms with E-state index in [1.165, 1.54) is 25.1 Å². The van der Waals surface area contributed by atoms with Crippen molar-refractivity contribution in [3.05, 3.63) is 54.1 Å². The highest BCUT2D eigenvalue weighted by Gasteiger charge is 2.18. The molecule has 2 aromatic carbocycles. The molecule has 1 aromatic heterocycles. The molecule has 0 unspecified atom stereocenters. The molecule has 3 aromatic rings. The molecule has 1 atom stereocenters. The number of ether oxygens (including phenoxy) is 1. The molecule has 0 amide bonds. The minimum atomic E-state index is -1.39. The summed E-state index contributed by atoms with van der Waals surface area (Å²) >= 11 is 0. The van der Waals surface area contributed by atoms with E-state index >= 15 is 0 Å². The van der Waals surface area contributed by atoms with Crippen molar-refractivity contribution in [1.29, 1.82) is 0 Å². The lowest BCUT2D eigenvalue weighted by atomic mass is 10.1. The molecular weight excluding hydrogens is 312 g/mol. The van der Waals surface area contributed by atoms with Crippen LogP contribution < -0.4 is 14.9 Å². The minimum Gasteiger partial charge on any atom is -0.546 e. The van der Waals surface area contributed by atoms with Gasteiger partial charge in [0, 0.05) is 10.9 Å². The average molecular weight is 324 g/mol. The monoisotopic (exact) mass is 324 g/mol. The number of rotatable bonds is 5. The van der Waals surface area contributed by atoms with Crippen LogP contribution >= 0.6 is 0 Å². The van der Waals surface area contributed by atoms with Crippen LogP contribution in [-0.4, -0.2) is 18.0 Å². The Morgan fingerprint density at radius 3 is 2.42 bits per heavy atom. The molecule has 0 aliphatic heterocycles. The van der Waals surface area contributed by atoms with Crippen LogP contribution in [-0.2, 0) is 4.79 Å². The van der Waals surface area contributed by atoms with E-state index in [1.54, 1.807) is 30.3 Å². The predicted molar refractivity (Wildman–Crippen MR) is 81.1 cm³/mol. The molecule has 6 nitrogen and oxygen atoms in total. The second kappa shape index (κ2) is 6.08. The van der Waals surface area contributed by atoms with E-state index in [4.69, 9.17) is 9.15 Å². The number of carbonyl (C=O) groups is 2. The largest absolute Gasteiger partial charge is 0.546 e. The lowest BCUT2D eigenvalue weighted by Crippen LogP contribution is -2.37. The maximum Gasteiger partial charge on any atom is 0.144 e. The van der Waals surface area contributed by atoms with Crippen molar-refractivity contribution in [3.63, 3.8) is 0 Å². The first kappa shape index (κ1) is 15.6. The van der Waals surface area contributed by atoms with Crippen LogP contribution in [0.3, 0.4) is 0 Å². The number of furan rings is 1. The molecule has 0 saturated carbocycles. The Bertz CT molecular complexity index is 910. The molecule has 1 heterocycles. The van der Waals surface area contributed by atoms with Gasteiger partial charge in [-0.25, -0.2) is 0 Å². The maximum absolute atomic E-state index is 11.6. The number of fused-ring (bicyclic) bond motifs is 1. The number of hydrogen-bond acceptors (Lipinski definition) is 6. The molecule has 0 radical (unpaired) electrons. The zero-order valence-electron chi connectivity index (χ0n) is 12.6. The summed E-state index contributed by atoms with van der Waals surface area (Å²) in [5, 5.41) is 22.6. The van der Waals surface area contributed by atoms with Crippen LogP contribution in [0.25, 0.3) is 22.3 Å². The molecule has 0 N–H and O–H groups in total. The zero-order valence-corrected chi connectivity index (χ0v) is 12.6. The zero-order chi connectivity index (χ0) is 17.3. The molecule has 0 bridgehead atoms. The summed E-state index contributed by atoms with van der Waals surface area (Å²) in [6.07, 6.45) is -1.17. The molecule has 0 aliphatic rings. The number of aliphatic carboxylic acids is 1. The van der Waals surface area contributed by atoms with Crippen molar-refractivity contribution in [2.75, 3.05) is 0 Å². The van der Waals surface area contributed by atoms with E-state index in [9.17, 15) is 19.8 Å². The third-order valence-electron chi connectivity index (χ3n) is 3.54. The van der Waals surface area contributed by atoms with Gasteiger partial charge in [-0.3, -0.25) is 0 Å². The SMILES string of the molecule is C[C@@H](Oc1ccc2oc(-c3ccccc3)c(C(=O)[O-])c2c1)C(=O)[O-]. The third kappa shape index (κ3) is 2.81. The molecule has 0 aliphatic carbocycles. The van der Waals surface area contributed by atoms with E-state index < -0.39 is 18.0 Å². The fourth-order valence-corrected chi connectivity index (χ4v) is 2.40. The van der Waals surface area contributed by atoms with Gasteiger partial charge in [0.05, 0.1) is 17.5 Å². The van der Waals surface area contributed by atoms with Crippen LogP contribution in [0.2, 0.25) is 0 Å². The summed E-state index contributed by atoms with van der Waals surface area (Å²) in [5.74, 6) is -2.39. The first-order valence-electron chi connectivity index (χ1n) is 7.18. The van der Waals surface area contributed by atoms with Crippen molar-refractivity contribution < 1.29 is 29.0 Å². The molecular formula is C18H12O6-2. The summed E-state index contributed by atoms with van der Waals surface area (Å²) in [5.41, 5.74) is 0.822. The third-order valence-corrected chi connectivity index (χ3v) is 3.54. The lowest BCUT2D eigenvalue weighted by Gasteiger charge is -2.15. The first-order chi connectivity index (χ1) is 11.5. The maximum atomic E-state index is 11.6. The highest BCUT2D eigenvalue weighted by atomic mass is 16.5. The number of carboxylic acids is 2. The number of carbonyl (C=O) groups excluding carboxylic acids is 2. The highest BCUT2D eigenvalue weighted by molar-refractivity contribution is 6.07. The summed E-state index contributed by atoms with van der Waals surface area (Å²) in [7, 11) is 0. The Kier molecular flexibility index (Phi) is 3.95. The van der Waals surface area contributed by atoms with Crippen molar-refractivity contribution in [3.8, 4) is 17.1 Å². The Morgan fingerprint density at radius 1 is 1.08 bits per heavy atom. The Balaban J connectivity index is 2.14. The summed E-state index contributed by atoms with van der Waals surface area (Å²) in [6, 6.07) is 13.2. The summed E-state index contributed by atoms with van der Waals surface area (Å²) in [6.45, 7) is 1.32. The smallest absolute Gasteiger partial charge is 0.144 e. The van der Waals surface area contributed by atoms with Crippen LogP contribution in [0, 0.1) is 0 Å². The highest BCUT2D eigenvalue weighted by Crippen LogP contribution is 2.35. The molecule has 122 valence electrons. The second-order valence-electron chi connectivity index (χ2n) is 5.20. The Hall–Kier alpha value is -3.28. The van der Waals surface area contributed by atoms with Gasteiger partial charge >= 0.3 is 0 Å². The molecule has 24 heavy (non-hydrogen) atoms. The summed E-state index contributed by atoms with van der Waals surface area (Å²) in [4.78, 5) is 22.4. The number of aromatic carboxylic acids is 1.